The number of hydrogen-bond donors (Lipinski definition) is 1. The van der Waals surface area contributed by atoms with Crippen LogP contribution in [0.15, 0.2) is 42.5 Å². The summed E-state index contributed by atoms with van der Waals surface area (Å²) < 4.78 is 22.1. The number of halogens is 1. The van der Waals surface area contributed by atoms with Gasteiger partial charge in [0.15, 0.2) is 5.69 Å². The molecule has 62 heavy (non-hydrogen) atoms. The van der Waals surface area contributed by atoms with Crippen molar-refractivity contribution in [1.29, 1.82) is 0 Å². The van der Waals surface area contributed by atoms with Crippen LogP contribution in [-0.2, 0) is 16.1 Å². The molecule has 0 radical (unpaired) electrons. The van der Waals surface area contributed by atoms with E-state index in [4.69, 9.17) is 16.3 Å². The lowest BCUT2D eigenvalue weighted by Gasteiger charge is -2.65. The van der Waals surface area contributed by atoms with E-state index in [1.165, 1.54) is 6.07 Å². The maximum absolute atomic E-state index is 15.5. The second-order valence-corrected chi connectivity index (χ2v) is 18.8. The largest absolute Gasteiger partial charge is 0.489 e. The monoisotopic (exact) mass is 839 g/mol. The molecule has 1 aromatic heterocycles. The van der Waals surface area contributed by atoms with Gasteiger partial charge in [-0.2, -0.15) is 0 Å². The standard InChI is InChI=1S/C48H50FN7O6/c1-27-23-31(14-16-36(27)50-6)62-46-47(2,3)45(48(46,4)5)55-26-37-32(42(55)59)15-11-29(51-37)10-7-28-8-12-30(13-9-28)53-19-21-54(22-20-53)39-25-34-33(24-35(39)49)43(60)56(44(34)61)38-17-18-40(57)52-41(38)58/h11,14-16,23-25,28,30,38,45-46H,8-9,12-13,17-22,26H2,1-5H3,(H,52,57,58). The summed E-state index contributed by atoms with van der Waals surface area (Å²) >= 11 is 0. The number of anilines is 1. The molecule has 1 unspecified atom stereocenters. The highest BCUT2D eigenvalue weighted by molar-refractivity contribution is 6.23. The third-order valence-electron chi connectivity index (χ3n) is 14.2. The Morgan fingerprint density at radius 2 is 1.55 bits per heavy atom. The summed E-state index contributed by atoms with van der Waals surface area (Å²) in [6.45, 7) is 20.9. The number of rotatable bonds is 6. The number of imide groups is 2. The van der Waals surface area contributed by atoms with E-state index in [0.717, 1.165) is 66.7 Å². The maximum atomic E-state index is 15.5. The van der Waals surface area contributed by atoms with Crippen molar-refractivity contribution in [3.8, 4) is 17.6 Å². The van der Waals surface area contributed by atoms with Crippen molar-refractivity contribution in [2.24, 2.45) is 16.7 Å². The number of hydrogen-bond acceptors (Lipinski definition) is 9. The van der Waals surface area contributed by atoms with Crippen LogP contribution in [-0.4, -0.2) is 99.6 Å². The minimum Gasteiger partial charge on any atom is -0.489 e. The number of carbonyl (C=O) groups excluding carboxylic acids is 5. The van der Waals surface area contributed by atoms with Gasteiger partial charge in [-0.25, -0.2) is 14.2 Å². The van der Waals surface area contributed by atoms with Crippen LogP contribution in [0.25, 0.3) is 4.85 Å². The Labute approximate surface area is 360 Å². The first-order valence-electron chi connectivity index (χ1n) is 21.6. The van der Waals surface area contributed by atoms with E-state index in [-0.39, 0.29) is 64.5 Å². The summed E-state index contributed by atoms with van der Waals surface area (Å²) in [7, 11) is 0. The van der Waals surface area contributed by atoms with Crippen LogP contribution in [0.1, 0.15) is 114 Å². The molecule has 320 valence electrons. The van der Waals surface area contributed by atoms with Crippen molar-refractivity contribution in [1.82, 2.24) is 25.0 Å². The number of piperidine rings is 1. The summed E-state index contributed by atoms with van der Waals surface area (Å²) in [6, 6.07) is 11.0. The third kappa shape index (κ3) is 6.89. The molecule has 2 saturated heterocycles. The Hall–Kier alpha value is -6.12. The molecule has 1 N–H and O–H groups in total. The smallest absolute Gasteiger partial charge is 0.262 e. The topological polar surface area (TPSA) is 137 Å². The van der Waals surface area contributed by atoms with Gasteiger partial charge in [-0.3, -0.25) is 39.1 Å². The first kappa shape index (κ1) is 41.2. The van der Waals surface area contributed by atoms with Gasteiger partial charge in [-0.1, -0.05) is 39.7 Å². The van der Waals surface area contributed by atoms with Crippen LogP contribution in [0.5, 0.6) is 5.75 Å². The molecule has 4 aliphatic heterocycles. The highest BCUT2D eigenvalue weighted by Crippen LogP contribution is 2.59. The first-order valence-corrected chi connectivity index (χ1v) is 21.6. The molecular weight excluding hydrogens is 790 g/mol. The Morgan fingerprint density at radius 3 is 2.21 bits per heavy atom. The van der Waals surface area contributed by atoms with Gasteiger partial charge < -0.3 is 14.5 Å². The van der Waals surface area contributed by atoms with Crippen LogP contribution in [0.2, 0.25) is 0 Å². The van der Waals surface area contributed by atoms with Crippen molar-refractivity contribution < 1.29 is 33.1 Å². The highest BCUT2D eigenvalue weighted by atomic mass is 19.1. The van der Waals surface area contributed by atoms with Crippen molar-refractivity contribution in [2.45, 2.75) is 104 Å². The number of nitrogens with one attached hydrogen (secondary N) is 1. The first-order chi connectivity index (χ1) is 29.6. The van der Waals surface area contributed by atoms with E-state index in [0.29, 0.717) is 42.6 Å². The van der Waals surface area contributed by atoms with E-state index >= 15 is 4.39 Å². The summed E-state index contributed by atoms with van der Waals surface area (Å²) in [6.07, 6.45) is 3.79. The van der Waals surface area contributed by atoms with Gasteiger partial charge in [0, 0.05) is 61.4 Å². The second-order valence-electron chi connectivity index (χ2n) is 18.8. The van der Waals surface area contributed by atoms with Crippen LogP contribution >= 0.6 is 0 Å². The van der Waals surface area contributed by atoms with Crippen molar-refractivity contribution in [2.75, 3.05) is 31.1 Å². The summed E-state index contributed by atoms with van der Waals surface area (Å²) in [5, 5.41) is 2.18. The predicted octanol–water partition coefficient (Wildman–Crippen LogP) is 6.05. The molecule has 3 aromatic rings. The predicted molar refractivity (Wildman–Crippen MR) is 227 cm³/mol. The molecule has 2 saturated carbocycles. The van der Waals surface area contributed by atoms with Crippen molar-refractivity contribution in [3.63, 3.8) is 0 Å². The lowest BCUT2D eigenvalue weighted by atomic mass is 9.49. The van der Waals surface area contributed by atoms with E-state index in [1.807, 2.05) is 41.0 Å². The highest BCUT2D eigenvalue weighted by Gasteiger charge is 2.67. The van der Waals surface area contributed by atoms with Crippen molar-refractivity contribution >= 4 is 40.9 Å². The zero-order valence-electron chi connectivity index (χ0n) is 35.7. The number of piperazine rings is 1. The molecule has 2 aliphatic carbocycles. The Morgan fingerprint density at radius 1 is 0.855 bits per heavy atom. The minimum atomic E-state index is -1.10. The average Bonchev–Trinajstić information content (AvgIpc) is 3.68. The zero-order chi connectivity index (χ0) is 43.8. The van der Waals surface area contributed by atoms with E-state index in [1.54, 1.807) is 6.07 Å². The summed E-state index contributed by atoms with van der Waals surface area (Å²) in [5.41, 5.74) is 3.11. The zero-order valence-corrected chi connectivity index (χ0v) is 35.7. The van der Waals surface area contributed by atoms with Crippen LogP contribution in [0.3, 0.4) is 0 Å². The Bertz CT molecular complexity index is 2520. The molecule has 13 nitrogen and oxygen atoms in total. The van der Waals surface area contributed by atoms with E-state index in [2.05, 4.69) is 54.6 Å². The molecular formula is C48H50FN7O6. The third-order valence-corrected chi connectivity index (χ3v) is 14.2. The molecule has 1 atom stereocenters. The fraction of sp³-hybridized carbons (Fsp3) is 0.479. The number of nitrogens with zero attached hydrogens (tertiary/aromatic N) is 6. The number of aromatic nitrogens is 1. The van der Waals surface area contributed by atoms with E-state index in [9.17, 15) is 24.0 Å². The quantitative estimate of drug-likeness (QED) is 0.179. The summed E-state index contributed by atoms with van der Waals surface area (Å²) in [4.78, 5) is 80.0. The maximum Gasteiger partial charge on any atom is 0.262 e. The number of benzene rings is 2. The fourth-order valence-electron chi connectivity index (χ4n) is 11.5. The van der Waals surface area contributed by atoms with Gasteiger partial charge in [-0.15, -0.1) is 0 Å². The Kier molecular flexibility index (Phi) is 10.2. The average molecular weight is 840 g/mol. The number of pyridine rings is 1. The van der Waals surface area contributed by atoms with Crippen LogP contribution < -0.4 is 15.0 Å². The second kappa shape index (κ2) is 15.3. The van der Waals surface area contributed by atoms with Gasteiger partial charge in [0.05, 0.1) is 41.2 Å². The van der Waals surface area contributed by atoms with Crippen molar-refractivity contribution in [3.05, 3.63) is 93.3 Å². The molecule has 0 spiro atoms. The minimum absolute atomic E-state index is 0.0144. The normalized spacial score (nSPS) is 26.6. The number of fused-ring (bicyclic) bond motifs is 2. The number of aryl methyl sites for hydroxylation is 1. The van der Waals surface area contributed by atoms with Crippen LogP contribution in [0.4, 0.5) is 15.8 Å². The number of ether oxygens (including phenoxy) is 1. The lowest BCUT2D eigenvalue weighted by Crippen LogP contribution is -2.74. The van der Waals surface area contributed by atoms with Gasteiger partial charge in [-0.05, 0) is 86.9 Å². The molecule has 5 heterocycles. The SMILES string of the molecule is [C-]#[N+]c1ccc(OC2C(C)(C)C(N3Cc4nc(C#CC5CCC(N6CCN(c7cc8c(cc7F)C(=O)N(C7CCC(=O)NC7=O)C8=O)CC6)CC5)ccc4C3=O)C2(C)C)cc1C. The molecule has 2 aromatic carbocycles. The van der Waals surface area contributed by atoms with Gasteiger partial charge in [0.25, 0.3) is 17.7 Å². The molecule has 5 amide bonds. The summed E-state index contributed by atoms with van der Waals surface area (Å²) in [5.74, 6) is 4.61. The van der Waals surface area contributed by atoms with E-state index < -0.39 is 35.5 Å². The Balaban J connectivity index is 0.778. The molecule has 4 fully saturated rings. The number of carbonyl (C=O) groups is 5. The molecule has 14 heteroatoms. The molecule has 0 bridgehead atoms. The molecule has 9 rings (SSSR count). The fourth-order valence-corrected chi connectivity index (χ4v) is 11.5. The van der Waals surface area contributed by atoms with Gasteiger partial charge in [0.1, 0.15) is 29.4 Å². The number of amides is 5. The lowest BCUT2D eigenvalue weighted by molar-refractivity contribution is -0.199. The van der Waals surface area contributed by atoms with Gasteiger partial charge in [0.2, 0.25) is 11.8 Å². The molecule has 6 aliphatic rings. The van der Waals surface area contributed by atoms with Crippen LogP contribution in [0, 0.1) is 47.9 Å². The van der Waals surface area contributed by atoms with Gasteiger partial charge >= 0.3 is 0 Å².